The van der Waals surface area contributed by atoms with Crippen molar-refractivity contribution in [3.63, 3.8) is 0 Å². The molecule has 25 heavy (non-hydrogen) atoms. The van der Waals surface area contributed by atoms with E-state index in [1.165, 1.54) is 0 Å². The van der Waals surface area contributed by atoms with E-state index in [9.17, 15) is 4.79 Å². The van der Waals surface area contributed by atoms with Gasteiger partial charge in [-0.2, -0.15) is 0 Å². The summed E-state index contributed by atoms with van der Waals surface area (Å²) in [5, 5.41) is 12.5. The van der Waals surface area contributed by atoms with E-state index >= 15 is 0 Å². The number of anilines is 1. The van der Waals surface area contributed by atoms with E-state index in [1.807, 2.05) is 42.5 Å². The van der Waals surface area contributed by atoms with Crippen LogP contribution in [0.5, 0.6) is 0 Å². The van der Waals surface area contributed by atoms with Crippen molar-refractivity contribution in [1.82, 2.24) is 5.32 Å². The van der Waals surface area contributed by atoms with E-state index in [2.05, 4.69) is 43.5 Å². The van der Waals surface area contributed by atoms with E-state index < -0.39 is 6.09 Å². The highest BCUT2D eigenvalue weighted by atomic mass is 16.7. The topological polar surface area (TPSA) is 62.7 Å². The van der Waals surface area contributed by atoms with Gasteiger partial charge in [-0.3, -0.25) is 10.2 Å². The van der Waals surface area contributed by atoms with Gasteiger partial charge in [0.25, 0.3) is 0 Å². The van der Waals surface area contributed by atoms with Crippen LogP contribution in [0.2, 0.25) is 0 Å². The van der Waals surface area contributed by atoms with Gasteiger partial charge in [0.1, 0.15) is 0 Å². The molecule has 1 aliphatic heterocycles. The molecule has 1 fully saturated rings. The van der Waals surface area contributed by atoms with Crippen LogP contribution in [0.15, 0.2) is 47.6 Å². The first kappa shape index (κ1) is 17.4. The van der Waals surface area contributed by atoms with Gasteiger partial charge < -0.3 is 5.32 Å². The molecule has 0 aliphatic carbocycles. The average molecular weight is 339 g/mol. The minimum Gasteiger partial charge on any atom is -0.306 e. The summed E-state index contributed by atoms with van der Waals surface area (Å²) >= 11 is 0. The Bertz CT molecular complexity index is 801. The molecule has 0 aromatic heterocycles. The molecule has 1 saturated heterocycles. The molecule has 1 aliphatic rings. The predicted octanol–water partition coefficient (Wildman–Crippen LogP) is 4.68. The number of benzene rings is 2. The second kappa shape index (κ2) is 6.48. The van der Waals surface area contributed by atoms with Gasteiger partial charge in [-0.15, -0.1) is 0 Å². The van der Waals surface area contributed by atoms with Gasteiger partial charge in [-0.25, -0.2) is 4.79 Å². The predicted molar refractivity (Wildman–Crippen MR) is 102 cm³/mol. The molecule has 1 amide bonds. The van der Waals surface area contributed by atoms with Crippen LogP contribution < -0.4 is 10.6 Å². The average Bonchev–Trinajstić information content (AvgIpc) is 2.50. The Balaban J connectivity index is 1.70. The molecule has 5 nitrogen and oxygen atoms in total. The van der Waals surface area contributed by atoms with Crippen molar-refractivity contribution in [2.75, 3.05) is 5.32 Å². The van der Waals surface area contributed by atoms with Crippen molar-refractivity contribution in [3.05, 3.63) is 42.5 Å². The Labute approximate surface area is 148 Å². The zero-order valence-electron chi connectivity index (χ0n) is 15.2. The molecule has 0 bridgehead atoms. The molecule has 0 atom stereocenters. The van der Waals surface area contributed by atoms with Gasteiger partial charge in [0.05, 0.1) is 11.4 Å². The van der Waals surface area contributed by atoms with E-state index in [0.29, 0.717) is 5.69 Å². The maximum atomic E-state index is 12.2. The number of rotatable bonds is 2. The fraction of sp³-hybridized carbons (Fsp3) is 0.400. The molecule has 2 aromatic carbocycles. The summed E-state index contributed by atoms with van der Waals surface area (Å²) in [6.45, 7) is 8.50. The quantitative estimate of drug-likeness (QED) is 0.616. The summed E-state index contributed by atoms with van der Waals surface area (Å²) in [6, 6.07) is 13.6. The number of amides is 1. The van der Waals surface area contributed by atoms with Crippen LogP contribution in [0.25, 0.3) is 10.8 Å². The van der Waals surface area contributed by atoms with Gasteiger partial charge in [0.2, 0.25) is 0 Å². The third kappa shape index (κ3) is 4.37. The van der Waals surface area contributed by atoms with Crippen LogP contribution in [0.4, 0.5) is 10.5 Å². The van der Waals surface area contributed by atoms with Crippen molar-refractivity contribution in [2.45, 2.75) is 51.6 Å². The van der Waals surface area contributed by atoms with Crippen LogP contribution in [0.3, 0.4) is 0 Å². The number of carbonyl (C=O) groups excluding carboxylic acids is 1. The minimum absolute atomic E-state index is 0.0734. The first-order chi connectivity index (χ1) is 11.7. The monoisotopic (exact) mass is 339 g/mol. The molecule has 0 spiro atoms. The zero-order chi connectivity index (χ0) is 18.1. The van der Waals surface area contributed by atoms with Crippen LogP contribution in [-0.4, -0.2) is 22.9 Å². The lowest BCUT2D eigenvalue weighted by atomic mass is 9.81. The number of fused-ring (bicyclic) bond motifs is 1. The van der Waals surface area contributed by atoms with Gasteiger partial charge in [0.15, 0.2) is 0 Å². The number of nitrogens with zero attached hydrogens (tertiary/aromatic N) is 1. The third-order valence-corrected chi connectivity index (χ3v) is 4.25. The fourth-order valence-corrected chi connectivity index (χ4v) is 3.72. The van der Waals surface area contributed by atoms with Crippen molar-refractivity contribution >= 4 is 28.3 Å². The van der Waals surface area contributed by atoms with Gasteiger partial charge >= 0.3 is 6.09 Å². The molecule has 2 aromatic rings. The van der Waals surface area contributed by atoms with Crippen molar-refractivity contribution in [3.8, 4) is 0 Å². The molecule has 5 heteroatoms. The second-order valence-corrected chi connectivity index (χ2v) is 7.93. The molecular formula is C20H25N3O2. The van der Waals surface area contributed by atoms with Crippen LogP contribution in [0, 0.1) is 0 Å². The Hall–Kier alpha value is -2.40. The Morgan fingerprint density at radius 3 is 2.40 bits per heavy atom. The van der Waals surface area contributed by atoms with Crippen LogP contribution in [0.1, 0.15) is 40.5 Å². The Morgan fingerprint density at radius 1 is 1.04 bits per heavy atom. The number of hydrogen-bond acceptors (Lipinski definition) is 4. The first-order valence-electron chi connectivity index (χ1n) is 8.55. The highest BCUT2D eigenvalue weighted by Crippen LogP contribution is 2.27. The molecule has 0 radical (unpaired) electrons. The summed E-state index contributed by atoms with van der Waals surface area (Å²) in [6.07, 6.45) is 0.925. The molecule has 1 heterocycles. The summed E-state index contributed by atoms with van der Waals surface area (Å²) in [5.41, 5.74) is 1.46. The molecule has 132 valence electrons. The number of piperidine rings is 1. The number of nitrogens with one attached hydrogen (secondary N) is 2. The lowest BCUT2D eigenvalue weighted by Crippen LogP contribution is -2.58. The van der Waals surface area contributed by atoms with E-state index in [4.69, 9.17) is 4.84 Å². The maximum absolute atomic E-state index is 12.2. The summed E-state index contributed by atoms with van der Waals surface area (Å²) in [7, 11) is 0. The molecule has 0 saturated carbocycles. The van der Waals surface area contributed by atoms with Crippen LogP contribution in [-0.2, 0) is 4.84 Å². The molecular weight excluding hydrogens is 314 g/mol. The SMILES string of the molecule is CC1(C)CC(=NOC(=O)Nc2cccc3ccccc23)CC(C)(C)N1. The highest BCUT2D eigenvalue weighted by molar-refractivity contribution is 6.00. The number of carbonyl (C=O) groups is 1. The van der Waals surface area contributed by atoms with Gasteiger partial charge in [-0.05, 0) is 39.1 Å². The smallest absolute Gasteiger partial charge is 0.306 e. The van der Waals surface area contributed by atoms with Crippen molar-refractivity contribution in [2.24, 2.45) is 5.16 Å². The second-order valence-electron chi connectivity index (χ2n) is 7.93. The fourth-order valence-electron chi connectivity index (χ4n) is 3.72. The largest absolute Gasteiger partial charge is 0.437 e. The van der Waals surface area contributed by atoms with E-state index in [-0.39, 0.29) is 11.1 Å². The maximum Gasteiger partial charge on any atom is 0.437 e. The van der Waals surface area contributed by atoms with Gasteiger partial charge in [-0.1, -0.05) is 41.6 Å². The lowest BCUT2D eigenvalue weighted by Gasteiger charge is -2.42. The standard InChI is InChI=1S/C20H25N3O2/c1-19(2)12-15(13-20(3,4)23-19)22-25-18(24)21-17-11-7-9-14-8-5-6-10-16(14)17/h5-11,23H,12-13H2,1-4H3,(H,21,24). The molecule has 3 rings (SSSR count). The summed E-state index contributed by atoms with van der Waals surface area (Å²) in [5.74, 6) is 0. The lowest BCUT2D eigenvalue weighted by molar-refractivity contribution is 0.162. The van der Waals surface area contributed by atoms with Gasteiger partial charge in [0, 0.05) is 29.3 Å². The number of hydrogen-bond donors (Lipinski definition) is 2. The first-order valence-corrected chi connectivity index (χ1v) is 8.55. The minimum atomic E-state index is -0.571. The Kier molecular flexibility index (Phi) is 4.52. The Morgan fingerprint density at radius 2 is 1.68 bits per heavy atom. The zero-order valence-corrected chi connectivity index (χ0v) is 15.2. The summed E-state index contributed by atoms with van der Waals surface area (Å²) < 4.78 is 0. The number of oxime groups is 1. The third-order valence-electron chi connectivity index (χ3n) is 4.25. The summed E-state index contributed by atoms with van der Waals surface area (Å²) in [4.78, 5) is 17.3. The normalized spacial score (nSPS) is 18.6. The van der Waals surface area contributed by atoms with Crippen LogP contribution >= 0.6 is 0 Å². The van der Waals surface area contributed by atoms with Crippen molar-refractivity contribution in [1.29, 1.82) is 0 Å². The molecule has 2 N–H and O–H groups in total. The van der Waals surface area contributed by atoms with Crippen molar-refractivity contribution < 1.29 is 9.63 Å². The molecule has 0 unspecified atom stereocenters. The highest BCUT2D eigenvalue weighted by Gasteiger charge is 2.36. The van der Waals surface area contributed by atoms with E-state index in [1.54, 1.807) is 0 Å². The van der Waals surface area contributed by atoms with E-state index in [0.717, 1.165) is 29.3 Å².